The van der Waals surface area contributed by atoms with Crippen molar-refractivity contribution in [1.29, 1.82) is 0 Å². The highest BCUT2D eigenvalue weighted by Crippen LogP contribution is 2.28. The lowest BCUT2D eigenvalue weighted by Gasteiger charge is -2.24. The van der Waals surface area contributed by atoms with Gasteiger partial charge in [-0.25, -0.2) is 8.42 Å². The summed E-state index contributed by atoms with van der Waals surface area (Å²) in [5.41, 5.74) is 0. The Morgan fingerprint density at radius 2 is 1.94 bits per heavy atom. The van der Waals surface area contributed by atoms with E-state index < -0.39 is 10.0 Å². The third-order valence-electron chi connectivity index (χ3n) is 2.88. The van der Waals surface area contributed by atoms with Gasteiger partial charge in [-0.05, 0) is 47.5 Å². The summed E-state index contributed by atoms with van der Waals surface area (Å²) in [4.78, 5) is 0.294. The molecule has 0 bridgehead atoms. The molecule has 0 spiro atoms. The van der Waals surface area contributed by atoms with Crippen molar-refractivity contribution in [2.24, 2.45) is 0 Å². The fraction of sp³-hybridized carbons (Fsp3) is 0.500. The van der Waals surface area contributed by atoms with Crippen LogP contribution < -0.4 is 0 Å². The summed E-state index contributed by atoms with van der Waals surface area (Å²) in [6, 6.07) is 5.15. The van der Waals surface area contributed by atoms with Crippen LogP contribution in [0, 0.1) is 0 Å². The molecule has 0 amide bonds. The first-order valence-electron chi connectivity index (χ1n) is 5.73. The van der Waals surface area contributed by atoms with Gasteiger partial charge in [0.05, 0.1) is 4.90 Å². The Bertz CT molecular complexity index is 517. The van der Waals surface area contributed by atoms with Crippen LogP contribution in [-0.2, 0) is 10.0 Å². The number of hydrogen-bond acceptors (Lipinski definition) is 2. The lowest BCUT2D eigenvalue weighted by Crippen LogP contribution is -2.35. The zero-order valence-corrected chi connectivity index (χ0v) is 14.6. The van der Waals surface area contributed by atoms with Gasteiger partial charge in [0.15, 0.2) is 0 Å². The Balaban J connectivity index is 3.17. The molecule has 0 fully saturated rings. The molecule has 18 heavy (non-hydrogen) atoms. The summed E-state index contributed by atoms with van der Waals surface area (Å²) in [6.45, 7) is 3.97. The van der Waals surface area contributed by atoms with Gasteiger partial charge in [-0.2, -0.15) is 4.31 Å². The van der Waals surface area contributed by atoms with Gasteiger partial charge < -0.3 is 0 Å². The molecule has 0 aliphatic carbocycles. The van der Waals surface area contributed by atoms with E-state index in [-0.39, 0.29) is 6.04 Å². The Kier molecular flexibility index (Phi) is 5.83. The van der Waals surface area contributed by atoms with Gasteiger partial charge in [0.2, 0.25) is 10.0 Å². The maximum absolute atomic E-state index is 12.5. The molecule has 0 saturated carbocycles. The second-order valence-electron chi connectivity index (χ2n) is 4.23. The molecular weight excluding hydrogens is 382 g/mol. The Morgan fingerprint density at radius 3 is 2.50 bits per heavy atom. The number of sulfonamides is 1. The minimum absolute atomic E-state index is 0.00844. The predicted octanol–water partition coefficient (Wildman–Crippen LogP) is 4.02. The van der Waals surface area contributed by atoms with Gasteiger partial charge in [-0.3, -0.25) is 0 Å². The van der Waals surface area contributed by atoms with Crippen molar-refractivity contribution in [1.82, 2.24) is 4.31 Å². The van der Waals surface area contributed by atoms with Crippen molar-refractivity contribution < 1.29 is 8.42 Å². The predicted molar refractivity (Wildman–Crippen MR) is 81.2 cm³/mol. The van der Waals surface area contributed by atoms with Crippen molar-refractivity contribution >= 4 is 41.9 Å². The highest BCUT2D eigenvalue weighted by molar-refractivity contribution is 9.11. The smallest absolute Gasteiger partial charge is 0.207 e. The van der Waals surface area contributed by atoms with Gasteiger partial charge in [0.25, 0.3) is 0 Å². The first kappa shape index (κ1) is 16.1. The third kappa shape index (κ3) is 3.56. The van der Waals surface area contributed by atoms with Crippen molar-refractivity contribution in [3.05, 3.63) is 27.1 Å². The lowest BCUT2D eigenvalue weighted by atomic mass is 10.2. The van der Waals surface area contributed by atoms with Crippen LogP contribution >= 0.6 is 31.9 Å². The molecule has 1 unspecified atom stereocenters. The van der Waals surface area contributed by atoms with E-state index in [2.05, 4.69) is 31.9 Å². The fourth-order valence-corrected chi connectivity index (χ4v) is 4.52. The SMILES string of the molecule is CCCC(C)N(C)S(=O)(=O)c1cc(Br)ccc1Br. The quantitative estimate of drug-likeness (QED) is 0.750. The Hall–Kier alpha value is 0.0900. The van der Waals surface area contributed by atoms with E-state index in [1.165, 1.54) is 4.31 Å². The van der Waals surface area contributed by atoms with E-state index in [1.807, 2.05) is 13.8 Å². The van der Waals surface area contributed by atoms with Crippen LogP contribution in [0.1, 0.15) is 26.7 Å². The highest BCUT2D eigenvalue weighted by Gasteiger charge is 2.26. The van der Waals surface area contributed by atoms with Crippen molar-refractivity contribution in [3.8, 4) is 0 Å². The molecular formula is C12H17Br2NO2S. The minimum atomic E-state index is -3.46. The molecule has 0 heterocycles. The zero-order chi connectivity index (χ0) is 13.9. The molecule has 1 aromatic carbocycles. The zero-order valence-electron chi connectivity index (χ0n) is 10.7. The molecule has 0 saturated heterocycles. The highest BCUT2D eigenvalue weighted by atomic mass is 79.9. The van der Waals surface area contributed by atoms with Gasteiger partial charge in [-0.1, -0.05) is 29.3 Å². The van der Waals surface area contributed by atoms with Gasteiger partial charge in [-0.15, -0.1) is 0 Å². The number of halogens is 2. The second kappa shape index (κ2) is 6.50. The lowest BCUT2D eigenvalue weighted by molar-refractivity contribution is 0.368. The van der Waals surface area contributed by atoms with Crippen LogP contribution in [-0.4, -0.2) is 25.8 Å². The maximum Gasteiger partial charge on any atom is 0.244 e. The first-order chi connectivity index (χ1) is 8.30. The van der Waals surface area contributed by atoms with Crippen LogP contribution in [0.15, 0.2) is 32.0 Å². The normalized spacial score (nSPS) is 13.9. The van der Waals surface area contributed by atoms with Crippen LogP contribution in [0.25, 0.3) is 0 Å². The molecule has 6 heteroatoms. The summed E-state index contributed by atoms with van der Waals surface area (Å²) in [5.74, 6) is 0. The molecule has 1 atom stereocenters. The molecule has 3 nitrogen and oxygen atoms in total. The van der Waals surface area contributed by atoms with E-state index in [1.54, 1.807) is 25.2 Å². The monoisotopic (exact) mass is 397 g/mol. The van der Waals surface area contributed by atoms with Gasteiger partial charge in [0, 0.05) is 22.0 Å². The summed E-state index contributed by atoms with van der Waals surface area (Å²) >= 11 is 6.60. The number of benzene rings is 1. The molecule has 0 aliphatic heterocycles. The van der Waals surface area contributed by atoms with Gasteiger partial charge in [0.1, 0.15) is 0 Å². The number of nitrogens with zero attached hydrogens (tertiary/aromatic N) is 1. The average Bonchev–Trinajstić information content (AvgIpc) is 2.31. The molecule has 1 aromatic rings. The van der Waals surface area contributed by atoms with E-state index in [0.717, 1.165) is 17.3 Å². The van der Waals surface area contributed by atoms with E-state index >= 15 is 0 Å². The standard InChI is InChI=1S/C12H17Br2NO2S/c1-4-5-9(2)15(3)18(16,17)12-8-10(13)6-7-11(12)14/h6-9H,4-5H2,1-3H3. The molecule has 1 rings (SSSR count). The summed E-state index contributed by atoms with van der Waals surface area (Å²) < 4.78 is 27.8. The molecule has 102 valence electrons. The van der Waals surface area contributed by atoms with Crippen molar-refractivity contribution in [2.45, 2.75) is 37.6 Å². The van der Waals surface area contributed by atoms with Crippen LogP contribution in [0.5, 0.6) is 0 Å². The second-order valence-corrected chi connectivity index (χ2v) is 7.97. The first-order valence-corrected chi connectivity index (χ1v) is 8.76. The van der Waals surface area contributed by atoms with Crippen molar-refractivity contribution in [3.63, 3.8) is 0 Å². The largest absolute Gasteiger partial charge is 0.244 e. The van der Waals surface area contributed by atoms with Crippen LogP contribution in [0.3, 0.4) is 0 Å². The van der Waals surface area contributed by atoms with Crippen LogP contribution in [0.4, 0.5) is 0 Å². The molecule has 0 radical (unpaired) electrons. The number of rotatable bonds is 5. The maximum atomic E-state index is 12.5. The Morgan fingerprint density at radius 1 is 1.33 bits per heavy atom. The Labute approximate surface area is 126 Å². The summed E-state index contributed by atoms with van der Waals surface area (Å²) in [7, 11) is -1.83. The van der Waals surface area contributed by atoms with E-state index in [4.69, 9.17) is 0 Å². The van der Waals surface area contributed by atoms with Gasteiger partial charge >= 0.3 is 0 Å². The number of hydrogen-bond donors (Lipinski definition) is 0. The summed E-state index contributed by atoms with van der Waals surface area (Å²) in [6.07, 6.45) is 1.81. The molecule has 0 aromatic heterocycles. The van der Waals surface area contributed by atoms with Crippen molar-refractivity contribution in [2.75, 3.05) is 7.05 Å². The minimum Gasteiger partial charge on any atom is -0.207 e. The van der Waals surface area contributed by atoms with Crippen LogP contribution in [0.2, 0.25) is 0 Å². The third-order valence-corrected chi connectivity index (χ3v) is 6.34. The average molecular weight is 399 g/mol. The molecule has 0 aliphatic rings. The fourth-order valence-electron chi connectivity index (χ4n) is 1.67. The molecule has 0 N–H and O–H groups in total. The topological polar surface area (TPSA) is 37.4 Å². The van der Waals surface area contributed by atoms with E-state index in [9.17, 15) is 8.42 Å². The summed E-state index contributed by atoms with van der Waals surface area (Å²) in [5, 5.41) is 0. The van der Waals surface area contributed by atoms with E-state index in [0.29, 0.717) is 9.37 Å².